The first-order valence-corrected chi connectivity index (χ1v) is 11.5. The second kappa shape index (κ2) is 7.86. The zero-order chi connectivity index (χ0) is 20.8. The van der Waals surface area contributed by atoms with Crippen LogP contribution in [-0.4, -0.2) is 20.8 Å². The molecule has 0 aliphatic heterocycles. The van der Waals surface area contributed by atoms with Crippen LogP contribution in [-0.2, 0) is 4.74 Å². The van der Waals surface area contributed by atoms with Crippen LogP contribution in [0.15, 0.2) is 42.2 Å². The molecule has 2 aliphatic carbocycles. The summed E-state index contributed by atoms with van der Waals surface area (Å²) in [6, 6.07) is 8.05. The van der Waals surface area contributed by atoms with E-state index in [-0.39, 0.29) is 6.10 Å². The average molecular weight is 411 g/mol. The summed E-state index contributed by atoms with van der Waals surface area (Å²) in [7, 11) is 0. The van der Waals surface area contributed by atoms with Crippen molar-refractivity contribution < 1.29 is 4.74 Å². The highest BCUT2D eigenvalue weighted by Crippen LogP contribution is 2.56. The van der Waals surface area contributed by atoms with Crippen molar-refractivity contribution in [1.29, 1.82) is 0 Å². The van der Waals surface area contributed by atoms with E-state index in [9.17, 15) is 0 Å². The van der Waals surface area contributed by atoms with E-state index in [1.807, 2.05) is 28.8 Å². The molecule has 4 atom stereocenters. The Balaban J connectivity index is 1.52. The Morgan fingerprint density at radius 1 is 1.21 bits per heavy atom. The summed E-state index contributed by atoms with van der Waals surface area (Å²) in [5, 5.41) is 0.518. The lowest BCUT2D eigenvalue weighted by molar-refractivity contribution is 0.0175. The Kier molecular flexibility index (Phi) is 5.58. The van der Waals surface area contributed by atoms with Gasteiger partial charge in [-0.25, -0.2) is 4.98 Å². The molecule has 3 nitrogen and oxygen atoms in total. The molecule has 2 aliphatic rings. The van der Waals surface area contributed by atoms with Gasteiger partial charge in [-0.1, -0.05) is 58.4 Å². The lowest BCUT2D eigenvalue weighted by Gasteiger charge is -2.53. The maximum absolute atomic E-state index is 6.32. The van der Waals surface area contributed by atoms with E-state index in [0.717, 1.165) is 41.6 Å². The summed E-state index contributed by atoms with van der Waals surface area (Å²) in [5.41, 5.74) is 3.85. The van der Waals surface area contributed by atoms with E-state index >= 15 is 0 Å². The number of ether oxygens (including phenoxy) is 1. The molecular formula is C25H34N2OS. The quantitative estimate of drug-likeness (QED) is 0.420. The van der Waals surface area contributed by atoms with Crippen molar-refractivity contribution in [2.45, 2.75) is 66.4 Å². The monoisotopic (exact) mass is 410 g/mol. The standard InChI is InChI=1S/C25H34N2OS/c1-16(2)20-11-10-18-14-19(12-13-25(18,5)23(20)17(3)4)28-24(29)27-15-26-21-8-6-7-9-22(21)27/h6-10,15-17,19-20,23H,11-14H2,1-5H3/t19-,20?,23?,25-/m0/s1. The fraction of sp³-hybridized carbons (Fsp3) is 0.600. The predicted molar refractivity (Wildman–Crippen MR) is 124 cm³/mol. The van der Waals surface area contributed by atoms with Gasteiger partial charge in [0, 0.05) is 6.42 Å². The molecule has 0 amide bonds. The van der Waals surface area contributed by atoms with E-state index in [1.54, 1.807) is 11.9 Å². The van der Waals surface area contributed by atoms with E-state index in [0.29, 0.717) is 16.5 Å². The molecule has 4 rings (SSSR count). The fourth-order valence-electron chi connectivity index (χ4n) is 6.12. The van der Waals surface area contributed by atoms with Gasteiger partial charge in [-0.3, -0.25) is 4.57 Å². The van der Waals surface area contributed by atoms with E-state index in [2.05, 4.69) is 45.7 Å². The highest BCUT2D eigenvalue weighted by molar-refractivity contribution is 7.80. The lowest BCUT2D eigenvalue weighted by atomic mass is 9.52. The van der Waals surface area contributed by atoms with Crippen molar-refractivity contribution >= 4 is 28.4 Å². The Morgan fingerprint density at radius 2 is 1.97 bits per heavy atom. The predicted octanol–water partition coefficient (Wildman–Crippen LogP) is 6.62. The van der Waals surface area contributed by atoms with Crippen LogP contribution in [0.25, 0.3) is 11.0 Å². The minimum absolute atomic E-state index is 0.159. The number of imidazole rings is 1. The second-order valence-electron chi connectivity index (χ2n) is 9.91. The van der Waals surface area contributed by atoms with Crippen molar-refractivity contribution in [3.8, 4) is 0 Å². The number of fused-ring (bicyclic) bond motifs is 2. The summed E-state index contributed by atoms with van der Waals surface area (Å²) in [4.78, 5) is 4.45. The molecule has 156 valence electrons. The largest absolute Gasteiger partial charge is 0.467 e. The van der Waals surface area contributed by atoms with Crippen LogP contribution in [0.4, 0.5) is 0 Å². The van der Waals surface area contributed by atoms with Gasteiger partial charge in [0.25, 0.3) is 5.17 Å². The molecule has 2 aromatic rings. The minimum Gasteiger partial charge on any atom is -0.467 e. The maximum Gasteiger partial charge on any atom is 0.269 e. The summed E-state index contributed by atoms with van der Waals surface area (Å²) in [5.74, 6) is 2.95. The molecule has 0 bridgehead atoms. The second-order valence-corrected chi connectivity index (χ2v) is 10.3. The van der Waals surface area contributed by atoms with Gasteiger partial charge in [0.2, 0.25) is 0 Å². The number of benzene rings is 1. The molecule has 1 saturated carbocycles. The molecule has 0 N–H and O–H groups in total. The van der Waals surface area contributed by atoms with Gasteiger partial charge in [0.1, 0.15) is 12.4 Å². The summed E-state index contributed by atoms with van der Waals surface area (Å²) >= 11 is 5.66. The van der Waals surface area contributed by atoms with Gasteiger partial charge in [0.05, 0.1) is 11.0 Å². The molecule has 0 saturated heterocycles. The van der Waals surface area contributed by atoms with Gasteiger partial charge in [-0.05, 0) is 72.7 Å². The number of nitrogens with zero attached hydrogens (tertiary/aromatic N) is 2. The molecule has 29 heavy (non-hydrogen) atoms. The molecular weight excluding hydrogens is 376 g/mol. The zero-order valence-electron chi connectivity index (χ0n) is 18.4. The maximum atomic E-state index is 6.32. The summed E-state index contributed by atoms with van der Waals surface area (Å²) in [6.45, 7) is 12.1. The zero-order valence-corrected chi connectivity index (χ0v) is 19.2. The third-order valence-electron chi connectivity index (χ3n) is 7.49. The lowest BCUT2D eigenvalue weighted by Crippen LogP contribution is -2.46. The van der Waals surface area contributed by atoms with Gasteiger partial charge in [-0.15, -0.1) is 0 Å². The van der Waals surface area contributed by atoms with Crippen LogP contribution in [0.2, 0.25) is 0 Å². The number of aromatic nitrogens is 2. The number of allylic oxidation sites excluding steroid dienone is 1. The first-order chi connectivity index (χ1) is 13.8. The van der Waals surface area contributed by atoms with Crippen molar-refractivity contribution in [3.05, 3.63) is 42.2 Å². The van der Waals surface area contributed by atoms with E-state index in [1.165, 1.54) is 12.8 Å². The highest BCUT2D eigenvalue weighted by atomic mass is 32.1. The topological polar surface area (TPSA) is 27.1 Å². The van der Waals surface area contributed by atoms with Crippen LogP contribution >= 0.6 is 12.2 Å². The van der Waals surface area contributed by atoms with E-state index < -0.39 is 0 Å². The van der Waals surface area contributed by atoms with Crippen LogP contribution in [0.5, 0.6) is 0 Å². The van der Waals surface area contributed by atoms with Crippen molar-refractivity contribution in [3.63, 3.8) is 0 Å². The van der Waals surface area contributed by atoms with Crippen LogP contribution in [0.1, 0.15) is 60.3 Å². The Morgan fingerprint density at radius 3 is 2.69 bits per heavy atom. The summed E-state index contributed by atoms with van der Waals surface area (Å²) in [6.07, 6.45) is 8.92. The van der Waals surface area contributed by atoms with Crippen LogP contribution in [0, 0.1) is 29.1 Å². The van der Waals surface area contributed by atoms with E-state index in [4.69, 9.17) is 17.0 Å². The average Bonchev–Trinajstić information content (AvgIpc) is 3.11. The van der Waals surface area contributed by atoms with Gasteiger partial charge in [-0.2, -0.15) is 0 Å². The molecule has 0 spiro atoms. The smallest absolute Gasteiger partial charge is 0.269 e. The van der Waals surface area contributed by atoms with Crippen LogP contribution in [0.3, 0.4) is 0 Å². The number of hydrogen-bond acceptors (Lipinski definition) is 3. The molecule has 2 unspecified atom stereocenters. The number of para-hydroxylation sites is 2. The molecule has 4 heteroatoms. The minimum atomic E-state index is 0.159. The normalized spacial score (nSPS) is 29.8. The Labute approximate surface area is 180 Å². The molecule has 1 aromatic heterocycles. The van der Waals surface area contributed by atoms with Crippen molar-refractivity contribution in [2.75, 3.05) is 0 Å². The Hall–Kier alpha value is -1.68. The number of thiocarbonyl (C=S) groups is 1. The van der Waals surface area contributed by atoms with Gasteiger partial charge >= 0.3 is 0 Å². The SMILES string of the molecule is CC(C)C1CC=C2C[C@@H](OC(=S)n3cnc4ccccc43)CC[C@]2(C)C1C(C)C. The van der Waals surface area contributed by atoms with Crippen molar-refractivity contribution in [1.82, 2.24) is 9.55 Å². The van der Waals surface area contributed by atoms with Gasteiger partial charge < -0.3 is 4.74 Å². The van der Waals surface area contributed by atoms with Crippen molar-refractivity contribution in [2.24, 2.45) is 29.1 Å². The Bertz CT molecular complexity index is 928. The first-order valence-electron chi connectivity index (χ1n) is 11.1. The number of rotatable bonds is 3. The third kappa shape index (κ3) is 3.65. The fourth-order valence-corrected chi connectivity index (χ4v) is 6.40. The molecule has 1 heterocycles. The van der Waals surface area contributed by atoms with Gasteiger partial charge in [0.15, 0.2) is 0 Å². The first kappa shape index (κ1) is 20.6. The molecule has 0 radical (unpaired) electrons. The summed E-state index contributed by atoms with van der Waals surface area (Å²) < 4.78 is 8.22. The molecule has 1 aromatic carbocycles. The number of hydrogen-bond donors (Lipinski definition) is 0. The molecule has 1 fully saturated rings. The van der Waals surface area contributed by atoms with Crippen LogP contribution < -0.4 is 0 Å². The third-order valence-corrected chi connectivity index (χ3v) is 7.79. The highest BCUT2D eigenvalue weighted by Gasteiger charge is 2.48.